The van der Waals surface area contributed by atoms with Crippen LogP contribution in [-0.2, 0) is 27.1 Å². The summed E-state index contributed by atoms with van der Waals surface area (Å²) in [4.78, 5) is 5.26. The molecule has 4 heteroatoms. The zero-order valence-electron chi connectivity index (χ0n) is 37.7. The molecule has 59 heavy (non-hydrogen) atoms. The van der Waals surface area contributed by atoms with Gasteiger partial charge in [-0.3, -0.25) is 0 Å². The van der Waals surface area contributed by atoms with Crippen molar-refractivity contribution in [1.82, 2.24) is 0 Å². The van der Waals surface area contributed by atoms with Gasteiger partial charge in [-0.2, -0.15) is 0 Å². The molecule has 0 bridgehead atoms. The first-order valence-corrected chi connectivity index (χ1v) is 21.7. The molecule has 0 N–H and O–H groups in total. The molecular formula is C55H59BN2O. The standard InChI is InChI=1S/C55H59BN2O/c1-51(2,3)32-19-23-36(24-20-32)57-43-28-33(52(4,5)6)21-25-41(43)56-49-38(27-35(29-44(49)57)54(10,11)12)48-47-37-17-15-16-18-39(37)55(13,14)40(47)31-46-50(48)58(56)42-26-22-34(53(7,8)9)30-45(42)59-46/h15-31H,1-14H3. The molecule has 0 fully saturated rings. The van der Waals surface area contributed by atoms with E-state index in [1.54, 1.807) is 0 Å². The summed E-state index contributed by atoms with van der Waals surface area (Å²) in [5, 5.41) is 0. The fraction of sp³-hybridized carbons (Fsp3) is 0.345. The largest absolute Gasteiger partial charge is 0.453 e. The summed E-state index contributed by atoms with van der Waals surface area (Å²) < 4.78 is 7.26. The maximum atomic E-state index is 7.26. The Morgan fingerprint density at radius 1 is 0.492 bits per heavy atom. The first kappa shape index (κ1) is 38.0. The quantitative estimate of drug-likeness (QED) is 0.155. The van der Waals surface area contributed by atoms with Crippen LogP contribution in [0.15, 0.2) is 103 Å². The number of ether oxygens (including phenoxy) is 1. The Bertz CT molecular complexity index is 2760. The summed E-state index contributed by atoms with van der Waals surface area (Å²) in [6.07, 6.45) is 0. The number of benzene rings is 6. The molecule has 0 amide bonds. The highest BCUT2D eigenvalue weighted by Gasteiger charge is 2.51. The predicted molar refractivity (Wildman–Crippen MR) is 253 cm³/mol. The van der Waals surface area contributed by atoms with Crippen LogP contribution >= 0.6 is 0 Å². The van der Waals surface area contributed by atoms with Crippen LogP contribution in [-0.4, -0.2) is 6.85 Å². The summed E-state index contributed by atoms with van der Waals surface area (Å²) in [5.74, 6) is 1.87. The fourth-order valence-corrected chi connectivity index (χ4v) is 10.3. The van der Waals surface area contributed by atoms with E-state index < -0.39 is 0 Å². The molecule has 3 heterocycles. The first-order chi connectivity index (χ1) is 27.5. The second-order valence-corrected chi connectivity index (χ2v) is 22.4. The highest BCUT2D eigenvalue weighted by Crippen LogP contribution is 2.63. The molecular weight excluding hydrogens is 715 g/mol. The average molecular weight is 775 g/mol. The van der Waals surface area contributed by atoms with Crippen LogP contribution < -0.4 is 25.4 Å². The van der Waals surface area contributed by atoms with Gasteiger partial charge in [-0.15, -0.1) is 0 Å². The zero-order valence-corrected chi connectivity index (χ0v) is 37.7. The number of rotatable bonds is 1. The zero-order chi connectivity index (χ0) is 41.9. The third-order valence-electron chi connectivity index (χ3n) is 13.8. The molecule has 0 saturated heterocycles. The second-order valence-electron chi connectivity index (χ2n) is 22.4. The average Bonchev–Trinajstić information content (AvgIpc) is 3.39. The Kier molecular flexibility index (Phi) is 7.71. The Labute approximate surface area is 353 Å². The van der Waals surface area contributed by atoms with Gasteiger partial charge in [0.25, 0.3) is 0 Å². The molecule has 0 saturated carbocycles. The van der Waals surface area contributed by atoms with Crippen LogP contribution in [0.25, 0.3) is 22.3 Å². The van der Waals surface area contributed by atoms with Gasteiger partial charge in [-0.1, -0.05) is 158 Å². The third-order valence-corrected chi connectivity index (χ3v) is 13.8. The topological polar surface area (TPSA) is 15.7 Å². The van der Waals surface area contributed by atoms with Crippen molar-refractivity contribution in [2.75, 3.05) is 9.71 Å². The first-order valence-electron chi connectivity index (χ1n) is 21.7. The summed E-state index contributed by atoms with van der Waals surface area (Å²) in [6.45, 7) is 32.6. The van der Waals surface area contributed by atoms with E-state index >= 15 is 0 Å². The van der Waals surface area contributed by atoms with Crippen LogP contribution in [0.5, 0.6) is 11.5 Å². The van der Waals surface area contributed by atoms with Crippen LogP contribution in [0.4, 0.5) is 28.4 Å². The van der Waals surface area contributed by atoms with Crippen LogP contribution in [0.1, 0.15) is 130 Å². The minimum Gasteiger partial charge on any atom is -0.453 e. The van der Waals surface area contributed by atoms with E-state index in [2.05, 4.69) is 210 Å². The van der Waals surface area contributed by atoms with E-state index in [0.29, 0.717) is 0 Å². The molecule has 0 radical (unpaired) electrons. The Hall–Kier alpha value is -5.22. The van der Waals surface area contributed by atoms with Gasteiger partial charge in [0.1, 0.15) is 5.75 Å². The lowest BCUT2D eigenvalue weighted by atomic mass is 9.42. The molecule has 0 atom stereocenters. The molecule has 6 aromatic rings. The van der Waals surface area contributed by atoms with Crippen molar-refractivity contribution in [3.05, 3.63) is 137 Å². The van der Waals surface area contributed by atoms with Gasteiger partial charge in [0.2, 0.25) is 0 Å². The highest BCUT2D eigenvalue weighted by molar-refractivity contribution is 6.94. The smallest absolute Gasteiger partial charge is 0.333 e. The van der Waals surface area contributed by atoms with Crippen molar-refractivity contribution >= 4 is 46.2 Å². The molecule has 0 aromatic heterocycles. The van der Waals surface area contributed by atoms with Crippen molar-refractivity contribution in [2.24, 2.45) is 0 Å². The number of nitrogens with zero attached hydrogens (tertiary/aromatic N) is 2. The maximum absolute atomic E-state index is 7.26. The van der Waals surface area contributed by atoms with Crippen LogP contribution in [0.2, 0.25) is 0 Å². The highest BCUT2D eigenvalue weighted by atomic mass is 16.5. The predicted octanol–water partition coefficient (Wildman–Crippen LogP) is 14.0. The Morgan fingerprint density at radius 3 is 1.75 bits per heavy atom. The normalized spacial score (nSPS) is 15.8. The lowest BCUT2D eigenvalue weighted by Gasteiger charge is -2.49. The molecule has 0 unspecified atom stereocenters. The Morgan fingerprint density at radius 2 is 1.08 bits per heavy atom. The van der Waals surface area contributed by atoms with Crippen LogP contribution in [0, 0.1) is 0 Å². The summed E-state index contributed by atoms with van der Waals surface area (Å²) in [7, 11) is 0. The molecule has 1 aliphatic carbocycles. The van der Waals surface area contributed by atoms with Gasteiger partial charge >= 0.3 is 6.85 Å². The number of hydrogen-bond donors (Lipinski definition) is 0. The maximum Gasteiger partial charge on any atom is 0.333 e. The molecule has 6 aromatic carbocycles. The van der Waals surface area contributed by atoms with Crippen LogP contribution in [0.3, 0.4) is 0 Å². The summed E-state index contributed by atoms with van der Waals surface area (Å²) in [5.41, 5.74) is 21.6. The molecule has 10 rings (SSSR count). The summed E-state index contributed by atoms with van der Waals surface area (Å²) >= 11 is 0. The lowest BCUT2D eigenvalue weighted by molar-refractivity contribution is 0.472. The second kappa shape index (κ2) is 12.0. The van der Waals surface area contributed by atoms with Crippen molar-refractivity contribution in [1.29, 1.82) is 0 Å². The minimum atomic E-state index is -0.200. The van der Waals surface area contributed by atoms with Crippen molar-refractivity contribution in [3.8, 4) is 33.8 Å². The monoisotopic (exact) mass is 774 g/mol. The minimum absolute atomic E-state index is 0.0275. The van der Waals surface area contributed by atoms with E-state index in [-0.39, 0.29) is 33.9 Å². The lowest BCUT2D eigenvalue weighted by Crippen LogP contribution is -2.62. The van der Waals surface area contributed by atoms with Gasteiger partial charge in [0, 0.05) is 28.0 Å². The summed E-state index contributed by atoms with van der Waals surface area (Å²) in [6, 6.07) is 40.2. The van der Waals surface area contributed by atoms with E-state index in [4.69, 9.17) is 4.74 Å². The molecule has 3 nitrogen and oxygen atoms in total. The molecule has 0 spiro atoms. The molecule has 3 aliphatic heterocycles. The van der Waals surface area contributed by atoms with Gasteiger partial charge in [0.05, 0.1) is 11.4 Å². The number of hydrogen-bond acceptors (Lipinski definition) is 3. The molecule has 4 aliphatic rings. The number of anilines is 5. The van der Waals surface area contributed by atoms with Gasteiger partial charge in [0.15, 0.2) is 5.75 Å². The number of fused-ring (bicyclic) bond motifs is 10. The SMILES string of the molecule is CC(C)(C)c1ccc(N2c3cc(C(C)(C)C)ccc3B3c4c(cc(C(C)(C)C)cc42)-c2c4c(cc5c2N3c2ccc(C(C)(C)C)cc2O5)C(C)(C)c2ccccc2-4)cc1. The van der Waals surface area contributed by atoms with E-state index in [1.807, 2.05) is 0 Å². The third kappa shape index (κ3) is 5.47. The van der Waals surface area contributed by atoms with E-state index in [0.717, 1.165) is 17.2 Å². The van der Waals surface area contributed by atoms with Crippen molar-refractivity contribution in [3.63, 3.8) is 0 Å². The van der Waals surface area contributed by atoms with Gasteiger partial charge < -0.3 is 14.4 Å². The fourth-order valence-electron chi connectivity index (χ4n) is 10.3. The molecule has 298 valence electrons. The van der Waals surface area contributed by atoms with Crippen molar-refractivity contribution < 1.29 is 4.74 Å². The Balaban J connectivity index is 1.38. The van der Waals surface area contributed by atoms with Gasteiger partial charge in [-0.25, -0.2) is 0 Å². The van der Waals surface area contributed by atoms with E-state index in [1.165, 1.54) is 89.3 Å². The van der Waals surface area contributed by atoms with E-state index in [9.17, 15) is 0 Å². The van der Waals surface area contributed by atoms with Crippen molar-refractivity contribution in [2.45, 2.75) is 124 Å². The van der Waals surface area contributed by atoms with Gasteiger partial charge in [-0.05, 0) is 125 Å².